The van der Waals surface area contributed by atoms with Gasteiger partial charge in [0.2, 0.25) is 5.91 Å². The molecule has 1 aromatic carbocycles. The Hall–Kier alpha value is -1.20. The van der Waals surface area contributed by atoms with Crippen molar-refractivity contribution in [3.8, 4) is 0 Å². The van der Waals surface area contributed by atoms with Gasteiger partial charge in [-0.2, -0.15) is 0 Å². The predicted molar refractivity (Wildman–Crippen MR) is 75.7 cm³/mol. The topological polar surface area (TPSA) is 66.4 Å². The number of rotatable bonds is 3. The van der Waals surface area contributed by atoms with E-state index in [1.54, 1.807) is 0 Å². The van der Waals surface area contributed by atoms with Gasteiger partial charge in [-0.1, -0.05) is 23.7 Å². The standard InChI is InChI=1S/C13H14ClNO3S/c1-7-2-3-8(4-9(7)14)5-11-12(16)15-10(6-19-11)13(17)18/h2-4,10-11H,5-6H2,1H3,(H,15,16)(H,17,18)/t10-,11-/m1/s1. The summed E-state index contributed by atoms with van der Waals surface area (Å²) in [6.45, 7) is 1.92. The van der Waals surface area contributed by atoms with Crippen LogP contribution in [0.5, 0.6) is 0 Å². The second-order valence-electron chi connectivity index (χ2n) is 4.51. The normalized spacial score (nSPS) is 22.9. The minimum atomic E-state index is -0.988. The van der Waals surface area contributed by atoms with Crippen LogP contribution in [-0.2, 0) is 16.0 Å². The highest BCUT2D eigenvalue weighted by molar-refractivity contribution is 8.00. The molecule has 0 bridgehead atoms. The number of aryl methyl sites for hydroxylation is 1. The maximum absolute atomic E-state index is 11.8. The van der Waals surface area contributed by atoms with Crippen LogP contribution in [0.1, 0.15) is 11.1 Å². The number of carboxylic acids is 1. The highest BCUT2D eigenvalue weighted by Crippen LogP contribution is 2.24. The molecule has 1 saturated heterocycles. The molecule has 0 aliphatic carbocycles. The van der Waals surface area contributed by atoms with Crippen LogP contribution < -0.4 is 5.32 Å². The van der Waals surface area contributed by atoms with Crippen molar-refractivity contribution in [3.05, 3.63) is 34.3 Å². The molecule has 1 heterocycles. The maximum Gasteiger partial charge on any atom is 0.327 e. The van der Waals surface area contributed by atoms with Gasteiger partial charge in [-0.05, 0) is 30.5 Å². The molecule has 4 nitrogen and oxygen atoms in total. The highest BCUT2D eigenvalue weighted by Gasteiger charge is 2.32. The number of carbonyl (C=O) groups excluding carboxylic acids is 1. The summed E-state index contributed by atoms with van der Waals surface area (Å²) in [5, 5.41) is 11.8. The van der Waals surface area contributed by atoms with Gasteiger partial charge in [-0.25, -0.2) is 4.79 Å². The lowest BCUT2D eigenvalue weighted by atomic mass is 10.1. The van der Waals surface area contributed by atoms with Gasteiger partial charge < -0.3 is 10.4 Å². The largest absolute Gasteiger partial charge is 0.480 e. The Balaban J connectivity index is 2.02. The summed E-state index contributed by atoms with van der Waals surface area (Å²) in [5.74, 6) is -0.816. The Kier molecular flexibility index (Phi) is 4.37. The summed E-state index contributed by atoms with van der Waals surface area (Å²) in [4.78, 5) is 22.6. The number of thioether (sulfide) groups is 1. The van der Waals surface area contributed by atoms with Crippen molar-refractivity contribution in [2.24, 2.45) is 0 Å². The van der Waals surface area contributed by atoms with Crippen LogP contribution in [-0.4, -0.2) is 34.0 Å². The van der Waals surface area contributed by atoms with Gasteiger partial charge in [0.05, 0.1) is 5.25 Å². The van der Waals surface area contributed by atoms with Gasteiger partial charge in [0, 0.05) is 10.8 Å². The summed E-state index contributed by atoms with van der Waals surface area (Å²) in [6.07, 6.45) is 0.558. The number of hydrogen-bond acceptors (Lipinski definition) is 3. The van der Waals surface area contributed by atoms with Crippen molar-refractivity contribution in [1.29, 1.82) is 0 Å². The van der Waals surface area contributed by atoms with E-state index in [9.17, 15) is 9.59 Å². The number of halogens is 1. The monoisotopic (exact) mass is 299 g/mol. The molecule has 0 radical (unpaired) electrons. The molecule has 1 aromatic rings. The lowest BCUT2D eigenvalue weighted by Crippen LogP contribution is -2.51. The Morgan fingerprint density at radius 1 is 1.58 bits per heavy atom. The van der Waals surface area contributed by atoms with Crippen LogP contribution in [0.4, 0.5) is 0 Å². The number of aliphatic carboxylic acids is 1. The van der Waals surface area contributed by atoms with Crippen molar-refractivity contribution < 1.29 is 14.7 Å². The van der Waals surface area contributed by atoms with Gasteiger partial charge in [-0.3, -0.25) is 4.79 Å². The van der Waals surface area contributed by atoms with E-state index in [1.807, 2.05) is 25.1 Å². The third kappa shape index (κ3) is 3.42. The summed E-state index contributed by atoms with van der Waals surface area (Å²) >= 11 is 7.42. The first kappa shape index (κ1) is 14.2. The smallest absolute Gasteiger partial charge is 0.327 e. The lowest BCUT2D eigenvalue weighted by molar-refractivity contribution is -0.141. The molecule has 0 saturated carbocycles. The molecule has 2 rings (SSSR count). The summed E-state index contributed by atoms with van der Waals surface area (Å²) in [5.41, 5.74) is 1.98. The second kappa shape index (κ2) is 5.84. The van der Waals surface area contributed by atoms with Crippen molar-refractivity contribution in [2.75, 3.05) is 5.75 Å². The Morgan fingerprint density at radius 3 is 2.89 bits per heavy atom. The SMILES string of the molecule is Cc1ccc(C[C@H]2SC[C@H](C(=O)O)NC2=O)cc1Cl. The third-order valence-corrected chi connectivity index (χ3v) is 4.74. The molecule has 0 unspecified atom stereocenters. The zero-order valence-corrected chi connectivity index (χ0v) is 11.9. The average Bonchev–Trinajstić information content (AvgIpc) is 2.36. The highest BCUT2D eigenvalue weighted by atomic mass is 35.5. The van der Waals surface area contributed by atoms with Crippen LogP contribution in [0.15, 0.2) is 18.2 Å². The number of benzene rings is 1. The molecular weight excluding hydrogens is 286 g/mol. The zero-order valence-electron chi connectivity index (χ0n) is 10.4. The van der Waals surface area contributed by atoms with E-state index >= 15 is 0 Å². The molecule has 6 heteroatoms. The molecule has 1 fully saturated rings. The van der Waals surface area contributed by atoms with Crippen LogP contribution in [0.2, 0.25) is 5.02 Å². The van der Waals surface area contributed by atoms with E-state index < -0.39 is 12.0 Å². The molecule has 0 spiro atoms. The van der Waals surface area contributed by atoms with E-state index in [4.69, 9.17) is 16.7 Å². The molecular formula is C13H14ClNO3S. The fourth-order valence-electron chi connectivity index (χ4n) is 1.86. The van der Waals surface area contributed by atoms with Crippen LogP contribution in [0, 0.1) is 6.92 Å². The van der Waals surface area contributed by atoms with Gasteiger partial charge in [-0.15, -0.1) is 11.8 Å². The Labute approximate surface area is 120 Å². The number of nitrogens with one attached hydrogen (secondary N) is 1. The van der Waals surface area contributed by atoms with Crippen molar-refractivity contribution in [3.63, 3.8) is 0 Å². The number of carboxylic acid groups (broad SMARTS) is 1. The summed E-state index contributed by atoms with van der Waals surface area (Å²) < 4.78 is 0. The summed E-state index contributed by atoms with van der Waals surface area (Å²) in [6, 6.07) is 4.94. The van der Waals surface area contributed by atoms with Crippen LogP contribution >= 0.6 is 23.4 Å². The number of hydrogen-bond donors (Lipinski definition) is 2. The molecule has 2 N–H and O–H groups in total. The van der Waals surface area contributed by atoms with Crippen LogP contribution in [0.25, 0.3) is 0 Å². The lowest BCUT2D eigenvalue weighted by Gasteiger charge is -2.26. The minimum absolute atomic E-state index is 0.222. The quantitative estimate of drug-likeness (QED) is 0.894. The first-order chi connectivity index (χ1) is 8.97. The fraction of sp³-hybridized carbons (Fsp3) is 0.385. The fourth-order valence-corrected chi connectivity index (χ4v) is 3.24. The van der Waals surface area contributed by atoms with E-state index in [0.29, 0.717) is 17.2 Å². The predicted octanol–water partition coefficient (Wildman–Crippen LogP) is 1.88. The minimum Gasteiger partial charge on any atom is -0.480 e. The van der Waals surface area contributed by atoms with Crippen molar-refractivity contribution in [1.82, 2.24) is 5.32 Å². The average molecular weight is 300 g/mol. The molecule has 1 amide bonds. The summed E-state index contributed by atoms with van der Waals surface area (Å²) in [7, 11) is 0. The first-order valence-electron chi connectivity index (χ1n) is 5.87. The first-order valence-corrected chi connectivity index (χ1v) is 7.30. The Bertz CT molecular complexity index is 521. The maximum atomic E-state index is 11.8. The molecule has 2 atom stereocenters. The number of carbonyl (C=O) groups is 2. The van der Waals surface area contributed by atoms with Gasteiger partial charge in [0.1, 0.15) is 6.04 Å². The van der Waals surface area contributed by atoms with E-state index in [0.717, 1.165) is 11.1 Å². The zero-order chi connectivity index (χ0) is 14.0. The van der Waals surface area contributed by atoms with Crippen LogP contribution in [0.3, 0.4) is 0 Å². The van der Waals surface area contributed by atoms with Crippen molar-refractivity contribution in [2.45, 2.75) is 24.6 Å². The van der Waals surface area contributed by atoms with E-state index in [1.165, 1.54) is 11.8 Å². The molecule has 1 aliphatic rings. The van der Waals surface area contributed by atoms with E-state index in [-0.39, 0.29) is 11.2 Å². The Morgan fingerprint density at radius 2 is 2.32 bits per heavy atom. The van der Waals surface area contributed by atoms with Gasteiger partial charge in [0.15, 0.2) is 0 Å². The molecule has 19 heavy (non-hydrogen) atoms. The third-order valence-electron chi connectivity index (χ3n) is 3.03. The van der Waals surface area contributed by atoms with Crippen molar-refractivity contribution >= 4 is 35.2 Å². The van der Waals surface area contributed by atoms with Gasteiger partial charge in [0.25, 0.3) is 0 Å². The number of amides is 1. The molecule has 0 aromatic heterocycles. The van der Waals surface area contributed by atoms with Gasteiger partial charge >= 0.3 is 5.97 Å². The second-order valence-corrected chi connectivity index (χ2v) is 6.15. The molecule has 102 valence electrons. The molecule has 1 aliphatic heterocycles. The van der Waals surface area contributed by atoms with E-state index in [2.05, 4.69) is 5.32 Å².